The topological polar surface area (TPSA) is 89.8 Å². The quantitative estimate of drug-likeness (QED) is 0.739. The normalized spacial score (nSPS) is 9.69. The van der Waals surface area contributed by atoms with Gasteiger partial charge in [0.05, 0.1) is 12.0 Å². The molecule has 0 saturated heterocycles. The van der Waals surface area contributed by atoms with Crippen LogP contribution in [0.15, 0.2) is 35.4 Å². The molecule has 0 aliphatic heterocycles. The molecular weight excluding hydrogens is 206 g/mol. The van der Waals surface area contributed by atoms with E-state index in [4.69, 9.17) is 10.4 Å². The van der Waals surface area contributed by atoms with E-state index < -0.39 is 5.56 Å². The van der Waals surface area contributed by atoms with Crippen molar-refractivity contribution in [2.75, 3.05) is 0 Å². The fourth-order valence-corrected chi connectivity index (χ4v) is 1.34. The van der Waals surface area contributed by atoms with Gasteiger partial charge in [0.1, 0.15) is 17.4 Å². The van der Waals surface area contributed by atoms with E-state index in [2.05, 4.69) is 9.97 Å². The Morgan fingerprint density at radius 2 is 2.00 bits per heavy atom. The highest BCUT2D eigenvalue weighted by Crippen LogP contribution is 2.20. The highest BCUT2D eigenvalue weighted by atomic mass is 16.3. The number of phenolic OH excluding ortho intramolecular Hbond substituents is 1. The van der Waals surface area contributed by atoms with Gasteiger partial charge in [-0.2, -0.15) is 5.26 Å². The molecule has 1 aromatic heterocycles. The van der Waals surface area contributed by atoms with Crippen LogP contribution in [0.2, 0.25) is 0 Å². The third-order valence-corrected chi connectivity index (χ3v) is 2.11. The molecule has 0 atom stereocenters. The first-order chi connectivity index (χ1) is 7.72. The molecule has 5 nitrogen and oxygen atoms in total. The molecule has 0 bridgehead atoms. The maximum absolute atomic E-state index is 11.3. The average molecular weight is 213 g/mol. The van der Waals surface area contributed by atoms with Crippen molar-refractivity contribution >= 4 is 0 Å². The van der Waals surface area contributed by atoms with Crippen molar-refractivity contribution in [1.82, 2.24) is 9.97 Å². The Morgan fingerprint density at radius 3 is 2.62 bits per heavy atom. The summed E-state index contributed by atoms with van der Waals surface area (Å²) in [4.78, 5) is 17.6. The van der Waals surface area contributed by atoms with Crippen molar-refractivity contribution in [3.05, 3.63) is 46.5 Å². The molecule has 2 aromatic rings. The number of aromatic hydroxyl groups is 1. The monoisotopic (exact) mass is 213 g/mol. The summed E-state index contributed by atoms with van der Waals surface area (Å²) in [6.07, 6.45) is 1.24. The lowest BCUT2D eigenvalue weighted by Crippen LogP contribution is -2.12. The summed E-state index contributed by atoms with van der Waals surface area (Å²) in [7, 11) is 0. The number of aromatic nitrogens is 2. The van der Waals surface area contributed by atoms with Crippen LogP contribution in [0.3, 0.4) is 0 Å². The van der Waals surface area contributed by atoms with E-state index >= 15 is 0 Å². The molecule has 0 aliphatic rings. The van der Waals surface area contributed by atoms with Crippen LogP contribution in [0.5, 0.6) is 5.75 Å². The Labute approximate surface area is 90.6 Å². The van der Waals surface area contributed by atoms with Crippen molar-refractivity contribution < 1.29 is 5.11 Å². The molecule has 1 heterocycles. The molecule has 0 amide bonds. The summed E-state index contributed by atoms with van der Waals surface area (Å²) in [6, 6.07) is 7.94. The molecule has 0 unspecified atom stereocenters. The number of nitrogens with one attached hydrogen (secondary N) is 1. The zero-order chi connectivity index (χ0) is 11.5. The van der Waals surface area contributed by atoms with Crippen molar-refractivity contribution in [2.24, 2.45) is 0 Å². The Hall–Kier alpha value is -2.61. The third-order valence-electron chi connectivity index (χ3n) is 2.11. The molecule has 78 valence electrons. The van der Waals surface area contributed by atoms with Crippen molar-refractivity contribution in [2.45, 2.75) is 0 Å². The van der Waals surface area contributed by atoms with Gasteiger partial charge in [-0.25, -0.2) is 4.98 Å². The van der Waals surface area contributed by atoms with E-state index in [1.165, 1.54) is 18.5 Å². The van der Waals surface area contributed by atoms with Gasteiger partial charge in [-0.1, -0.05) is 0 Å². The molecular formula is C11H7N3O2. The van der Waals surface area contributed by atoms with Gasteiger partial charge >= 0.3 is 0 Å². The SMILES string of the molecule is N#Cc1c(-c2ccc(O)cc2)nc[nH]c1=O. The maximum Gasteiger partial charge on any atom is 0.269 e. The van der Waals surface area contributed by atoms with Gasteiger partial charge in [0, 0.05) is 5.56 Å². The molecule has 0 saturated carbocycles. The minimum atomic E-state index is -0.472. The van der Waals surface area contributed by atoms with E-state index in [9.17, 15) is 4.79 Å². The average Bonchev–Trinajstić information content (AvgIpc) is 2.30. The standard InChI is InChI=1S/C11H7N3O2/c12-5-9-10(13-6-14-11(9)16)7-1-3-8(15)4-2-7/h1-4,6,15H,(H,13,14,16). The van der Waals surface area contributed by atoms with Crippen molar-refractivity contribution in [1.29, 1.82) is 5.26 Å². The highest BCUT2D eigenvalue weighted by molar-refractivity contribution is 5.66. The lowest BCUT2D eigenvalue weighted by Gasteiger charge is -2.01. The highest BCUT2D eigenvalue weighted by Gasteiger charge is 2.09. The number of nitrogens with zero attached hydrogens (tertiary/aromatic N) is 2. The smallest absolute Gasteiger partial charge is 0.269 e. The van der Waals surface area contributed by atoms with Crippen molar-refractivity contribution in [3.8, 4) is 23.1 Å². The van der Waals surface area contributed by atoms with Gasteiger partial charge < -0.3 is 10.1 Å². The Morgan fingerprint density at radius 1 is 1.31 bits per heavy atom. The molecule has 1 aromatic carbocycles. The van der Waals surface area contributed by atoms with Crippen LogP contribution in [0.25, 0.3) is 11.3 Å². The van der Waals surface area contributed by atoms with Crippen LogP contribution in [0.4, 0.5) is 0 Å². The predicted molar refractivity (Wildman–Crippen MR) is 56.7 cm³/mol. The first kappa shape index (κ1) is 9.93. The Kier molecular flexibility index (Phi) is 2.40. The van der Waals surface area contributed by atoms with Crippen LogP contribution in [0, 0.1) is 11.3 Å². The number of aromatic amines is 1. The lowest BCUT2D eigenvalue weighted by atomic mass is 10.1. The number of nitriles is 1. The van der Waals surface area contributed by atoms with E-state index in [-0.39, 0.29) is 11.3 Å². The summed E-state index contributed by atoms with van der Waals surface area (Å²) in [6.45, 7) is 0. The molecule has 0 spiro atoms. The first-order valence-electron chi connectivity index (χ1n) is 4.49. The first-order valence-corrected chi connectivity index (χ1v) is 4.49. The van der Waals surface area contributed by atoms with Crippen molar-refractivity contribution in [3.63, 3.8) is 0 Å². The van der Waals surface area contributed by atoms with E-state index in [0.29, 0.717) is 11.3 Å². The van der Waals surface area contributed by atoms with Gasteiger partial charge in [-0.3, -0.25) is 4.79 Å². The fourth-order valence-electron chi connectivity index (χ4n) is 1.34. The molecule has 2 rings (SSSR count). The Bertz CT molecular complexity index is 608. The second kappa shape index (κ2) is 3.87. The summed E-state index contributed by atoms with van der Waals surface area (Å²) in [5.41, 5.74) is 0.417. The third kappa shape index (κ3) is 1.64. The number of rotatable bonds is 1. The van der Waals surface area contributed by atoms with Crippen LogP contribution in [-0.2, 0) is 0 Å². The molecule has 2 N–H and O–H groups in total. The van der Waals surface area contributed by atoms with Gasteiger partial charge in [0.25, 0.3) is 5.56 Å². The van der Waals surface area contributed by atoms with Gasteiger partial charge in [0.15, 0.2) is 0 Å². The molecule has 0 fully saturated rings. The van der Waals surface area contributed by atoms with E-state index in [1.807, 2.05) is 6.07 Å². The second-order valence-electron chi connectivity index (χ2n) is 3.11. The molecule has 16 heavy (non-hydrogen) atoms. The number of H-pyrrole nitrogens is 1. The number of hydrogen-bond acceptors (Lipinski definition) is 4. The minimum absolute atomic E-state index is 0.0341. The summed E-state index contributed by atoms with van der Waals surface area (Å²) in [5, 5.41) is 18.0. The molecule has 5 heteroatoms. The Balaban J connectivity index is 2.66. The molecule has 0 radical (unpaired) electrons. The summed E-state index contributed by atoms with van der Waals surface area (Å²) >= 11 is 0. The summed E-state index contributed by atoms with van der Waals surface area (Å²) in [5.74, 6) is 0.118. The summed E-state index contributed by atoms with van der Waals surface area (Å²) < 4.78 is 0. The minimum Gasteiger partial charge on any atom is -0.508 e. The van der Waals surface area contributed by atoms with E-state index in [1.54, 1.807) is 12.1 Å². The van der Waals surface area contributed by atoms with Crippen LogP contribution in [0.1, 0.15) is 5.56 Å². The molecule has 0 aliphatic carbocycles. The fraction of sp³-hybridized carbons (Fsp3) is 0. The largest absolute Gasteiger partial charge is 0.508 e. The van der Waals surface area contributed by atoms with Gasteiger partial charge in [-0.15, -0.1) is 0 Å². The van der Waals surface area contributed by atoms with Gasteiger partial charge in [0.2, 0.25) is 0 Å². The van der Waals surface area contributed by atoms with Crippen LogP contribution >= 0.6 is 0 Å². The van der Waals surface area contributed by atoms with Gasteiger partial charge in [-0.05, 0) is 24.3 Å². The van der Waals surface area contributed by atoms with Crippen LogP contribution < -0.4 is 5.56 Å². The number of phenols is 1. The van der Waals surface area contributed by atoms with Crippen LogP contribution in [-0.4, -0.2) is 15.1 Å². The zero-order valence-electron chi connectivity index (χ0n) is 8.14. The maximum atomic E-state index is 11.3. The number of benzene rings is 1. The van der Waals surface area contributed by atoms with E-state index in [0.717, 1.165) is 0 Å². The predicted octanol–water partition coefficient (Wildman–Crippen LogP) is 1.01. The zero-order valence-corrected chi connectivity index (χ0v) is 8.14. The number of hydrogen-bond donors (Lipinski definition) is 2. The second-order valence-corrected chi connectivity index (χ2v) is 3.11. The lowest BCUT2D eigenvalue weighted by molar-refractivity contribution is 0.475.